The van der Waals surface area contributed by atoms with Crippen molar-refractivity contribution < 1.29 is 19.4 Å². The molecule has 0 aromatic heterocycles. The largest absolute Gasteiger partial charge is 0.494 e. The molecule has 1 aliphatic rings. The van der Waals surface area contributed by atoms with Gasteiger partial charge in [-0.3, -0.25) is 9.69 Å². The van der Waals surface area contributed by atoms with Crippen LogP contribution in [-0.2, 0) is 9.53 Å². The molecule has 0 saturated carbocycles. The fraction of sp³-hybridized carbons (Fsp3) is 0.533. The zero-order valence-corrected chi connectivity index (χ0v) is 11.5. The quantitative estimate of drug-likeness (QED) is 0.769. The van der Waals surface area contributed by atoms with Gasteiger partial charge in [-0.25, -0.2) is 0 Å². The first-order chi connectivity index (χ1) is 9.74. The van der Waals surface area contributed by atoms with E-state index < -0.39 is 5.97 Å². The number of ether oxygens (including phenoxy) is 2. The van der Waals surface area contributed by atoms with E-state index in [0.717, 1.165) is 25.3 Å². The molecule has 5 heteroatoms. The van der Waals surface area contributed by atoms with Gasteiger partial charge in [-0.2, -0.15) is 0 Å². The molecule has 0 spiro atoms. The third-order valence-electron chi connectivity index (χ3n) is 3.26. The summed E-state index contributed by atoms with van der Waals surface area (Å²) < 4.78 is 11.1. The number of carboxylic acids is 1. The maximum absolute atomic E-state index is 10.7. The van der Waals surface area contributed by atoms with Crippen LogP contribution in [0.5, 0.6) is 5.75 Å². The van der Waals surface area contributed by atoms with Gasteiger partial charge in [0.2, 0.25) is 0 Å². The van der Waals surface area contributed by atoms with Gasteiger partial charge >= 0.3 is 5.97 Å². The second-order valence-electron chi connectivity index (χ2n) is 4.91. The minimum absolute atomic E-state index is 0.0804. The SMILES string of the molecule is O=C(O)CC1CN(CCCOc2ccccc2)CCO1. The van der Waals surface area contributed by atoms with Gasteiger partial charge in [0, 0.05) is 19.6 Å². The number of hydrogen-bond donors (Lipinski definition) is 1. The first-order valence-corrected chi connectivity index (χ1v) is 6.97. The molecular formula is C15H21NO4. The molecule has 0 bridgehead atoms. The highest BCUT2D eigenvalue weighted by Crippen LogP contribution is 2.11. The van der Waals surface area contributed by atoms with Crippen LogP contribution in [0.25, 0.3) is 0 Å². The summed E-state index contributed by atoms with van der Waals surface area (Å²) >= 11 is 0. The number of rotatable bonds is 7. The summed E-state index contributed by atoms with van der Waals surface area (Å²) in [5.41, 5.74) is 0. The topological polar surface area (TPSA) is 59.0 Å². The summed E-state index contributed by atoms with van der Waals surface area (Å²) in [6.07, 6.45) is 0.822. The zero-order valence-electron chi connectivity index (χ0n) is 11.5. The third kappa shape index (κ3) is 5.19. The van der Waals surface area contributed by atoms with Gasteiger partial charge in [0.15, 0.2) is 0 Å². The Labute approximate surface area is 119 Å². The first-order valence-electron chi connectivity index (χ1n) is 6.97. The molecule has 1 unspecified atom stereocenters. The lowest BCUT2D eigenvalue weighted by Crippen LogP contribution is -2.43. The highest BCUT2D eigenvalue weighted by molar-refractivity contribution is 5.67. The van der Waals surface area contributed by atoms with E-state index in [1.165, 1.54) is 0 Å². The van der Waals surface area contributed by atoms with Crippen molar-refractivity contribution in [2.24, 2.45) is 0 Å². The highest BCUT2D eigenvalue weighted by Gasteiger charge is 2.22. The van der Waals surface area contributed by atoms with Crippen molar-refractivity contribution in [2.45, 2.75) is 18.9 Å². The van der Waals surface area contributed by atoms with Crippen molar-refractivity contribution in [1.82, 2.24) is 4.90 Å². The molecule has 5 nitrogen and oxygen atoms in total. The van der Waals surface area contributed by atoms with Gasteiger partial charge in [0.25, 0.3) is 0 Å². The Bertz CT molecular complexity index is 410. The minimum atomic E-state index is -0.802. The molecule has 0 radical (unpaired) electrons. The summed E-state index contributed by atoms with van der Waals surface area (Å²) in [6.45, 7) is 3.74. The summed E-state index contributed by atoms with van der Waals surface area (Å²) in [4.78, 5) is 12.9. The van der Waals surface area contributed by atoms with Crippen molar-refractivity contribution in [1.29, 1.82) is 0 Å². The van der Waals surface area contributed by atoms with Gasteiger partial charge in [0.1, 0.15) is 5.75 Å². The highest BCUT2D eigenvalue weighted by atomic mass is 16.5. The fourth-order valence-electron chi connectivity index (χ4n) is 2.30. The predicted octanol–water partition coefficient (Wildman–Crippen LogP) is 1.63. The molecule has 1 atom stereocenters. The van der Waals surface area contributed by atoms with Crippen LogP contribution in [0, 0.1) is 0 Å². The van der Waals surface area contributed by atoms with Crippen LogP contribution >= 0.6 is 0 Å². The average molecular weight is 279 g/mol. The van der Waals surface area contributed by atoms with Crippen molar-refractivity contribution >= 4 is 5.97 Å². The van der Waals surface area contributed by atoms with E-state index in [4.69, 9.17) is 14.6 Å². The van der Waals surface area contributed by atoms with Crippen molar-refractivity contribution in [2.75, 3.05) is 32.8 Å². The van der Waals surface area contributed by atoms with E-state index in [9.17, 15) is 4.79 Å². The lowest BCUT2D eigenvalue weighted by molar-refractivity contribution is -0.142. The average Bonchev–Trinajstić information content (AvgIpc) is 2.44. The molecule has 1 aromatic rings. The number of carbonyl (C=O) groups is 1. The maximum atomic E-state index is 10.7. The molecule has 1 aromatic carbocycles. The van der Waals surface area contributed by atoms with Gasteiger partial charge in [-0.05, 0) is 18.6 Å². The number of benzene rings is 1. The Balaban J connectivity index is 1.62. The molecule has 110 valence electrons. The minimum Gasteiger partial charge on any atom is -0.494 e. The normalized spacial score (nSPS) is 19.7. The first kappa shape index (κ1) is 14.8. The lowest BCUT2D eigenvalue weighted by atomic mass is 10.2. The Hall–Kier alpha value is -1.59. The molecule has 1 N–H and O–H groups in total. The van der Waals surface area contributed by atoms with Crippen molar-refractivity contribution in [3.63, 3.8) is 0 Å². The number of hydrogen-bond acceptors (Lipinski definition) is 4. The molecule has 20 heavy (non-hydrogen) atoms. The van der Waals surface area contributed by atoms with E-state index in [1.54, 1.807) is 0 Å². The second-order valence-corrected chi connectivity index (χ2v) is 4.91. The summed E-state index contributed by atoms with van der Waals surface area (Å²) in [5, 5.41) is 8.77. The van der Waals surface area contributed by atoms with Crippen molar-refractivity contribution in [3.05, 3.63) is 30.3 Å². The number of para-hydroxylation sites is 1. The van der Waals surface area contributed by atoms with Crippen LogP contribution in [0.2, 0.25) is 0 Å². The van der Waals surface area contributed by atoms with Crippen molar-refractivity contribution in [3.8, 4) is 5.75 Å². The van der Waals surface area contributed by atoms with Crippen LogP contribution in [0.1, 0.15) is 12.8 Å². The van der Waals surface area contributed by atoms with E-state index in [-0.39, 0.29) is 12.5 Å². The molecule has 1 heterocycles. The summed E-state index contributed by atoms with van der Waals surface area (Å²) in [5.74, 6) is 0.0856. The fourth-order valence-corrected chi connectivity index (χ4v) is 2.30. The molecule has 2 rings (SSSR count). The Kier molecular flexibility index (Phi) is 5.83. The van der Waals surface area contributed by atoms with Gasteiger partial charge in [-0.1, -0.05) is 18.2 Å². The third-order valence-corrected chi connectivity index (χ3v) is 3.26. The number of morpholine rings is 1. The number of aliphatic carboxylic acids is 1. The number of nitrogens with zero attached hydrogens (tertiary/aromatic N) is 1. The Morgan fingerprint density at radius 2 is 2.20 bits per heavy atom. The van der Waals surface area contributed by atoms with Crippen LogP contribution in [-0.4, -0.2) is 54.9 Å². The van der Waals surface area contributed by atoms with Gasteiger partial charge < -0.3 is 14.6 Å². The summed E-state index contributed by atoms with van der Waals surface area (Å²) in [7, 11) is 0. The predicted molar refractivity (Wildman–Crippen MR) is 75.0 cm³/mol. The molecular weight excluding hydrogens is 258 g/mol. The molecule has 1 saturated heterocycles. The molecule has 1 aliphatic heterocycles. The second kappa shape index (κ2) is 7.87. The Morgan fingerprint density at radius 1 is 1.40 bits per heavy atom. The molecule has 0 aliphatic carbocycles. The standard InChI is InChI=1S/C15H21NO4/c17-15(18)11-14-12-16(8-10-20-14)7-4-9-19-13-5-2-1-3-6-13/h1-3,5-6,14H,4,7-12H2,(H,17,18). The molecule has 1 fully saturated rings. The van der Waals surface area contributed by atoms with E-state index in [1.807, 2.05) is 30.3 Å². The smallest absolute Gasteiger partial charge is 0.306 e. The zero-order chi connectivity index (χ0) is 14.2. The maximum Gasteiger partial charge on any atom is 0.306 e. The van der Waals surface area contributed by atoms with Gasteiger partial charge in [-0.15, -0.1) is 0 Å². The van der Waals surface area contributed by atoms with E-state index in [0.29, 0.717) is 19.8 Å². The lowest BCUT2D eigenvalue weighted by Gasteiger charge is -2.32. The Morgan fingerprint density at radius 3 is 2.95 bits per heavy atom. The monoisotopic (exact) mass is 279 g/mol. The van der Waals surface area contributed by atoms with Crippen LogP contribution in [0.3, 0.4) is 0 Å². The van der Waals surface area contributed by atoms with E-state index >= 15 is 0 Å². The number of carboxylic acid groups (broad SMARTS) is 1. The van der Waals surface area contributed by atoms with E-state index in [2.05, 4.69) is 4.90 Å². The van der Waals surface area contributed by atoms with Crippen LogP contribution in [0.15, 0.2) is 30.3 Å². The molecule has 0 amide bonds. The van der Waals surface area contributed by atoms with Crippen LogP contribution in [0.4, 0.5) is 0 Å². The van der Waals surface area contributed by atoms with Crippen LogP contribution < -0.4 is 4.74 Å². The van der Waals surface area contributed by atoms with Gasteiger partial charge in [0.05, 0.1) is 25.7 Å². The summed E-state index contributed by atoms with van der Waals surface area (Å²) in [6, 6.07) is 9.75.